The van der Waals surface area contributed by atoms with Gasteiger partial charge in [-0.1, -0.05) is 30.3 Å². The van der Waals surface area contributed by atoms with Gasteiger partial charge in [0.05, 0.1) is 27.4 Å². The largest absolute Gasteiger partial charge is 0.494 e. The number of carbonyl (C=O) groups excluding carboxylic acids is 2. The van der Waals surface area contributed by atoms with Crippen LogP contribution in [0.2, 0.25) is 0 Å². The minimum atomic E-state index is -0.442. The molecule has 0 spiro atoms. The molecule has 3 aromatic rings. The van der Waals surface area contributed by atoms with Crippen LogP contribution in [-0.2, 0) is 0 Å². The van der Waals surface area contributed by atoms with Crippen molar-refractivity contribution in [2.75, 3.05) is 34.0 Å². The van der Waals surface area contributed by atoms with E-state index in [-0.39, 0.29) is 31.2 Å². The Kier molecular flexibility index (Phi) is 7.77. The highest BCUT2D eigenvalue weighted by Gasteiger charge is 2.16. The van der Waals surface area contributed by atoms with Crippen LogP contribution in [0.15, 0.2) is 60.7 Å². The molecule has 0 bridgehead atoms. The lowest BCUT2D eigenvalue weighted by Gasteiger charge is -2.12. The summed E-state index contributed by atoms with van der Waals surface area (Å²) in [7, 11) is 2.99. The van der Waals surface area contributed by atoms with Crippen LogP contribution in [0.4, 0.5) is 0 Å². The Morgan fingerprint density at radius 1 is 0.938 bits per heavy atom. The summed E-state index contributed by atoms with van der Waals surface area (Å²) >= 11 is 0. The number of ketones is 1. The summed E-state index contributed by atoms with van der Waals surface area (Å²) in [5.41, 5.74) is 1.89. The van der Waals surface area contributed by atoms with Crippen LogP contribution in [0.3, 0.4) is 0 Å². The van der Waals surface area contributed by atoms with Gasteiger partial charge < -0.3 is 24.6 Å². The molecule has 0 radical (unpaired) electrons. The van der Waals surface area contributed by atoms with Crippen LogP contribution in [0.25, 0.3) is 11.3 Å². The fraction of sp³-hybridized carbons (Fsp3) is 0.208. The van der Waals surface area contributed by atoms with Crippen molar-refractivity contribution >= 4 is 11.7 Å². The molecule has 32 heavy (non-hydrogen) atoms. The highest BCUT2D eigenvalue weighted by atomic mass is 16.5. The second-order valence-electron chi connectivity index (χ2n) is 6.66. The Bertz CT molecular complexity index is 1090. The number of benzene rings is 2. The Labute approximate surface area is 185 Å². The summed E-state index contributed by atoms with van der Waals surface area (Å²) in [6.45, 7) is -0.257. The lowest BCUT2D eigenvalue weighted by atomic mass is 10.1. The molecule has 8 nitrogen and oxygen atoms in total. The van der Waals surface area contributed by atoms with E-state index in [1.165, 1.54) is 13.2 Å². The summed E-state index contributed by atoms with van der Waals surface area (Å²) in [6, 6.07) is 17.3. The van der Waals surface area contributed by atoms with Gasteiger partial charge in [0.1, 0.15) is 23.7 Å². The summed E-state index contributed by atoms with van der Waals surface area (Å²) in [5, 5.41) is 11.5. The first kappa shape index (κ1) is 22.8. The summed E-state index contributed by atoms with van der Waals surface area (Å²) in [6.07, 6.45) is 0. The standard InChI is InChI=1S/C24H24N2O6/c1-30-21-11-9-18(26-23(21)16-6-4-3-5-7-16)19(28)15-25-24(29)17-8-10-20(32-13-12-27)22(14-17)31-2/h3-11,14,27H,12-13,15H2,1-2H3,(H,25,29). The van der Waals surface area contributed by atoms with Gasteiger partial charge >= 0.3 is 0 Å². The molecule has 2 N–H and O–H groups in total. The molecular weight excluding hydrogens is 412 g/mol. The summed E-state index contributed by atoms with van der Waals surface area (Å²) in [4.78, 5) is 29.6. The SMILES string of the molecule is COc1cc(C(=O)NCC(=O)c2ccc(OC)c(-c3ccccc3)n2)ccc1OCCO. The molecule has 0 atom stereocenters. The van der Waals surface area contributed by atoms with Crippen molar-refractivity contribution in [2.45, 2.75) is 0 Å². The van der Waals surface area contributed by atoms with Crippen LogP contribution in [0.5, 0.6) is 17.2 Å². The predicted molar refractivity (Wildman–Crippen MR) is 118 cm³/mol. The molecule has 0 aliphatic heterocycles. The molecular formula is C24H24N2O6. The van der Waals surface area contributed by atoms with Crippen molar-refractivity contribution in [1.82, 2.24) is 10.3 Å². The van der Waals surface area contributed by atoms with E-state index in [0.29, 0.717) is 28.5 Å². The number of hydrogen-bond donors (Lipinski definition) is 2. The number of methoxy groups -OCH3 is 2. The topological polar surface area (TPSA) is 107 Å². The van der Waals surface area contributed by atoms with E-state index in [1.807, 2.05) is 30.3 Å². The van der Waals surface area contributed by atoms with Gasteiger partial charge in [0, 0.05) is 11.1 Å². The molecule has 8 heteroatoms. The van der Waals surface area contributed by atoms with Crippen molar-refractivity contribution < 1.29 is 28.9 Å². The fourth-order valence-corrected chi connectivity index (χ4v) is 3.01. The lowest BCUT2D eigenvalue weighted by molar-refractivity contribution is 0.0902. The van der Waals surface area contributed by atoms with Gasteiger partial charge in [-0.2, -0.15) is 0 Å². The number of rotatable bonds is 10. The maximum Gasteiger partial charge on any atom is 0.251 e. The van der Waals surface area contributed by atoms with E-state index in [0.717, 1.165) is 5.56 Å². The Hall–Kier alpha value is -3.91. The molecule has 166 valence electrons. The Morgan fingerprint density at radius 3 is 2.34 bits per heavy atom. The van der Waals surface area contributed by atoms with Crippen LogP contribution >= 0.6 is 0 Å². The molecule has 1 heterocycles. The molecule has 0 saturated carbocycles. The minimum absolute atomic E-state index is 0.107. The Balaban J connectivity index is 1.71. The van der Waals surface area contributed by atoms with Crippen LogP contribution in [0.1, 0.15) is 20.8 Å². The van der Waals surface area contributed by atoms with Crippen molar-refractivity contribution in [3.05, 3.63) is 71.9 Å². The molecule has 1 aromatic heterocycles. The second-order valence-corrected chi connectivity index (χ2v) is 6.66. The zero-order valence-corrected chi connectivity index (χ0v) is 17.8. The van der Waals surface area contributed by atoms with E-state index in [9.17, 15) is 9.59 Å². The second kappa shape index (κ2) is 10.9. The van der Waals surface area contributed by atoms with E-state index < -0.39 is 5.91 Å². The highest BCUT2D eigenvalue weighted by molar-refractivity contribution is 6.01. The van der Waals surface area contributed by atoms with E-state index in [1.54, 1.807) is 31.4 Å². The average Bonchev–Trinajstić information content (AvgIpc) is 2.85. The zero-order chi connectivity index (χ0) is 22.9. The average molecular weight is 436 g/mol. The van der Waals surface area contributed by atoms with Gasteiger partial charge in [0.15, 0.2) is 17.3 Å². The molecule has 1 amide bonds. The van der Waals surface area contributed by atoms with Gasteiger partial charge in [-0.15, -0.1) is 0 Å². The number of pyridine rings is 1. The van der Waals surface area contributed by atoms with Crippen molar-refractivity contribution in [1.29, 1.82) is 0 Å². The lowest BCUT2D eigenvalue weighted by Crippen LogP contribution is -2.30. The van der Waals surface area contributed by atoms with E-state index in [4.69, 9.17) is 19.3 Å². The molecule has 2 aromatic carbocycles. The molecule has 0 fully saturated rings. The first-order chi connectivity index (χ1) is 15.6. The quantitative estimate of drug-likeness (QED) is 0.471. The number of aliphatic hydroxyl groups is 1. The summed E-state index contributed by atoms with van der Waals surface area (Å²) < 4.78 is 16.0. The Morgan fingerprint density at radius 2 is 1.66 bits per heavy atom. The number of hydrogen-bond acceptors (Lipinski definition) is 7. The summed E-state index contributed by atoms with van der Waals surface area (Å²) in [5.74, 6) is 0.523. The number of aromatic nitrogens is 1. The number of amides is 1. The normalized spacial score (nSPS) is 10.3. The third-order valence-electron chi connectivity index (χ3n) is 4.60. The smallest absolute Gasteiger partial charge is 0.251 e. The van der Waals surface area contributed by atoms with Gasteiger partial charge in [-0.25, -0.2) is 4.98 Å². The number of nitrogens with zero attached hydrogens (tertiary/aromatic N) is 1. The molecule has 0 saturated heterocycles. The van der Waals surface area contributed by atoms with Gasteiger partial charge in [0.2, 0.25) is 0 Å². The van der Waals surface area contributed by atoms with Crippen LogP contribution in [-0.4, -0.2) is 55.8 Å². The van der Waals surface area contributed by atoms with E-state index in [2.05, 4.69) is 10.3 Å². The van der Waals surface area contributed by atoms with E-state index >= 15 is 0 Å². The first-order valence-corrected chi connectivity index (χ1v) is 9.91. The van der Waals surface area contributed by atoms with Crippen molar-refractivity contribution in [3.63, 3.8) is 0 Å². The van der Waals surface area contributed by atoms with Gasteiger partial charge in [-0.05, 0) is 30.3 Å². The molecule has 0 aliphatic carbocycles. The maximum absolute atomic E-state index is 12.7. The fourth-order valence-electron chi connectivity index (χ4n) is 3.01. The number of aliphatic hydroxyl groups excluding tert-OH is 1. The minimum Gasteiger partial charge on any atom is -0.494 e. The highest BCUT2D eigenvalue weighted by Crippen LogP contribution is 2.29. The van der Waals surface area contributed by atoms with Crippen LogP contribution < -0.4 is 19.5 Å². The van der Waals surface area contributed by atoms with Crippen LogP contribution in [0, 0.1) is 0 Å². The molecule has 0 aliphatic rings. The zero-order valence-electron chi connectivity index (χ0n) is 17.8. The molecule has 3 rings (SSSR count). The van der Waals surface area contributed by atoms with Gasteiger partial charge in [-0.3, -0.25) is 9.59 Å². The monoisotopic (exact) mass is 436 g/mol. The number of carbonyl (C=O) groups is 2. The van der Waals surface area contributed by atoms with Gasteiger partial charge in [0.25, 0.3) is 5.91 Å². The predicted octanol–water partition coefficient (Wildman–Crippen LogP) is 2.75. The number of nitrogens with one attached hydrogen (secondary N) is 1. The van der Waals surface area contributed by atoms with Crippen molar-refractivity contribution in [3.8, 4) is 28.5 Å². The third-order valence-corrected chi connectivity index (χ3v) is 4.60. The number of ether oxygens (including phenoxy) is 3. The maximum atomic E-state index is 12.7. The van der Waals surface area contributed by atoms with Crippen molar-refractivity contribution in [2.24, 2.45) is 0 Å². The molecule has 0 unspecified atom stereocenters. The number of Topliss-reactive ketones (excluding diaryl/α,β-unsaturated/α-hetero) is 1. The first-order valence-electron chi connectivity index (χ1n) is 9.91. The third kappa shape index (κ3) is 5.41.